The number of halogens is 3. The van der Waals surface area contributed by atoms with Crippen molar-refractivity contribution in [2.45, 2.75) is 33.1 Å². The van der Waals surface area contributed by atoms with E-state index in [-0.39, 0.29) is 0 Å². The average Bonchev–Trinajstić information content (AvgIpc) is 2.82. The molecule has 0 atom stereocenters. The first-order chi connectivity index (χ1) is 16.0. The molecule has 0 heterocycles. The largest absolute Gasteiger partial charge is 0.493 e. The Balaban J connectivity index is 1.87. The Hall–Kier alpha value is -2.26. The zero-order chi connectivity index (χ0) is 23.6. The summed E-state index contributed by atoms with van der Waals surface area (Å²) in [5.74, 6) is 1.59. The molecule has 0 radical (unpaired) electrons. The molecule has 5 heteroatoms. The Morgan fingerprint density at radius 1 is 0.909 bits per heavy atom. The normalized spacial score (nSPS) is 16.7. The van der Waals surface area contributed by atoms with Crippen LogP contribution in [0, 0.1) is 0 Å². The molecule has 2 aromatic rings. The molecule has 3 rings (SSSR count). The first kappa shape index (κ1) is 25.4. The van der Waals surface area contributed by atoms with Crippen LogP contribution in [-0.2, 0) is 4.74 Å². The Labute approximate surface area is 211 Å². The molecule has 0 fully saturated rings. The van der Waals surface area contributed by atoms with Crippen molar-refractivity contribution in [3.8, 4) is 0 Å². The lowest BCUT2D eigenvalue weighted by Crippen LogP contribution is -2.01. The maximum atomic E-state index is 6.81. The van der Waals surface area contributed by atoms with E-state index in [1.807, 2.05) is 74.5 Å². The lowest BCUT2D eigenvalue weighted by molar-refractivity contribution is -0.261. The van der Waals surface area contributed by atoms with Crippen LogP contribution in [0.15, 0.2) is 89.0 Å². The lowest BCUT2D eigenvalue weighted by Gasteiger charge is -2.16. The van der Waals surface area contributed by atoms with E-state index in [9.17, 15) is 0 Å². The molecule has 0 saturated carbocycles. The summed E-state index contributed by atoms with van der Waals surface area (Å²) in [6.45, 7) is 5.10. The molecular weight excluding hydrogens is 475 g/mol. The van der Waals surface area contributed by atoms with Gasteiger partial charge in [-0.1, -0.05) is 40.9 Å². The third-order valence-corrected chi connectivity index (χ3v) is 6.17. The third kappa shape index (κ3) is 7.37. The monoisotopic (exact) mass is 501 g/mol. The molecule has 2 nitrogen and oxygen atoms in total. The van der Waals surface area contributed by atoms with Crippen molar-refractivity contribution >= 4 is 46.3 Å². The number of benzene rings is 2. The van der Waals surface area contributed by atoms with E-state index < -0.39 is 0 Å². The minimum atomic E-state index is 0.579. The predicted octanol–water partition coefficient (Wildman–Crippen LogP) is 8.97. The second kappa shape index (κ2) is 12.8. The zero-order valence-electron chi connectivity index (χ0n) is 18.9. The first-order valence-electron chi connectivity index (χ1n) is 11.1. The summed E-state index contributed by atoms with van der Waals surface area (Å²) < 4.78 is 11.7. The van der Waals surface area contributed by atoms with Crippen LogP contribution in [0.4, 0.5) is 0 Å². The van der Waals surface area contributed by atoms with Crippen molar-refractivity contribution in [1.29, 1.82) is 0 Å². The topological polar surface area (TPSA) is 20.5 Å². The van der Waals surface area contributed by atoms with Gasteiger partial charge in [0, 0.05) is 33.6 Å². The maximum Gasteiger partial charge on any atom is 0.350 e. The van der Waals surface area contributed by atoms with E-state index in [0.717, 1.165) is 58.1 Å². The fourth-order valence-corrected chi connectivity index (χ4v) is 4.12. The highest BCUT2D eigenvalue weighted by Gasteiger charge is 2.16. The van der Waals surface area contributed by atoms with Gasteiger partial charge in [0.2, 0.25) is 0 Å². The Morgan fingerprint density at radius 3 is 2.15 bits per heavy atom. The van der Waals surface area contributed by atoms with E-state index in [1.165, 1.54) is 0 Å². The van der Waals surface area contributed by atoms with Gasteiger partial charge >= 0.3 is 5.78 Å². The Morgan fingerprint density at radius 2 is 1.55 bits per heavy atom. The summed E-state index contributed by atoms with van der Waals surface area (Å²) in [6.07, 6.45) is 11.0. The van der Waals surface area contributed by atoms with Gasteiger partial charge in [0.05, 0.1) is 12.2 Å². The van der Waals surface area contributed by atoms with Gasteiger partial charge in [0.15, 0.2) is 0 Å². The molecule has 0 bridgehead atoms. The van der Waals surface area contributed by atoms with Crippen LogP contribution in [0.2, 0.25) is 10.0 Å². The highest BCUT2D eigenvalue weighted by molar-refractivity contribution is 6.32. The molecule has 0 unspecified atom stereocenters. The molecule has 33 heavy (non-hydrogen) atoms. The van der Waals surface area contributed by atoms with Crippen molar-refractivity contribution in [2.75, 3.05) is 13.2 Å². The number of carbonyl (C=O) groups excluding carboxylic acids is 1. The van der Waals surface area contributed by atoms with Gasteiger partial charge in [-0.05, 0) is 98.0 Å². The van der Waals surface area contributed by atoms with Crippen molar-refractivity contribution in [3.05, 3.63) is 110 Å². The molecule has 0 spiro atoms. The summed E-state index contributed by atoms with van der Waals surface area (Å²) in [4.78, 5) is 0. The SMILES string of the molecule is CCO/C(=C/C=C1\CCCC(/C=C/C(=[O+]CC)c2ccc(Cl)cc2)=C1Cl)c1ccc(Cl)cc1. The molecule has 172 valence electrons. The van der Waals surface area contributed by atoms with Gasteiger partial charge in [0.1, 0.15) is 5.76 Å². The van der Waals surface area contributed by atoms with Crippen LogP contribution in [0.1, 0.15) is 48.7 Å². The third-order valence-electron chi connectivity index (χ3n) is 5.19. The van der Waals surface area contributed by atoms with Gasteiger partial charge in [-0.2, -0.15) is 0 Å². The highest BCUT2D eigenvalue weighted by Crippen LogP contribution is 2.33. The second-order valence-electron chi connectivity index (χ2n) is 7.49. The number of allylic oxidation sites excluding steroid dienone is 7. The number of ketones is 1. The number of ether oxygens (including phenoxy) is 1. The van der Waals surface area contributed by atoms with E-state index >= 15 is 0 Å². The summed E-state index contributed by atoms with van der Waals surface area (Å²) in [7, 11) is 0. The number of hydrogen-bond donors (Lipinski definition) is 0. The van der Waals surface area contributed by atoms with Crippen molar-refractivity contribution in [1.82, 2.24) is 0 Å². The van der Waals surface area contributed by atoms with E-state index in [4.69, 9.17) is 44.0 Å². The fourth-order valence-electron chi connectivity index (χ4n) is 3.56. The molecule has 0 aliphatic heterocycles. The molecule has 1 aliphatic rings. The zero-order valence-corrected chi connectivity index (χ0v) is 21.2. The van der Waals surface area contributed by atoms with Crippen molar-refractivity contribution in [2.24, 2.45) is 0 Å². The van der Waals surface area contributed by atoms with Crippen LogP contribution in [0.25, 0.3) is 5.76 Å². The molecular formula is C28H28Cl3O2+. The van der Waals surface area contributed by atoms with E-state index in [2.05, 4.69) is 12.2 Å². The minimum absolute atomic E-state index is 0.579. The van der Waals surface area contributed by atoms with Crippen LogP contribution in [0.5, 0.6) is 0 Å². The summed E-state index contributed by atoms with van der Waals surface area (Å²) in [6, 6.07) is 15.3. The molecule has 1 aliphatic carbocycles. The van der Waals surface area contributed by atoms with Gasteiger partial charge < -0.3 is 4.74 Å². The Kier molecular flexibility index (Phi) is 9.87. The quantitative estimate of drug-likeness (QED) is 0.153. The molecule has 0 saturated heterocycles. The number of hydrogen-bond acceptors (Lipinski definition) is 1. The predicted molar refractivity (Wildman–Crippen MR) is 141 cm³/mol. The average molecular weight is 503 g/mol. The second-order valence-corrected chi connectivity index (χ2v) is 8.74. The Bertz CT molecular complexity index is 1090. The maximum absolute atomic E-state index is 6.81. The minimum Gasteiger partial charge on any atom is -0.493 e. The van der Waals surface area contributed by atoms with Gasteiger partial charge in [0.25, 0.3) is 6.61 Å². The van der Waals surface area contributed by atoms with Crippen LogP contribution >= 0.6 is 34.8 Å². The fraction of sp³-hybridized carbons (Fsp3) is 0.250. The van der Waals surface area contributed by atoms with Crippen molar-refractivity contribution in [3.63, 3.8) is 0 Å². The number of rotatable bonds is 8. The van der Waals surface area contributed by atoms with Crippen LogP contribution in [-0.4, -0.2) is 19.0 Å². The van der Waals surface area contributed by atoms with E-state index in [1.54, 1.807) is 0 Å². The smallest absolute Gasteiger partial charge is 0.350 e. The van der Waals surface area contributed by atoms with Gasteiger partial charge in [-0.3, -0.25) is 4.42 Å². The van der Waals surface area contributed by atoms with Gasteiger partial charge in [-0.25, -0.2) is 0 Å². The lowest BCUT2D eigenvalue weighted by atomic mass is 9.93. The van der Waals surface area contributed by atoms with Crippen molar-refractivity contribution < 1.29 is 9.16 Å². The molecule has 2 aromatic carbocycles. The highest BCUT2D eigenvalue weighted by atomic mass is 35.5. The first-order valence-corrected chi connectivity index (χ1v) is 12.3. The summed E-state index contributed by atoms with van der Waals surface area (Å²) in [5.41, 5.74) is 4.15. The van der Waals surface area contributed by atoms with E-state index in [0.29, 0.717) is 23.3 Å². The van der Waals surface area contributed by atoms with Crippen LogP contribution in [0.3, 0.4) is 0 Å². The molecule has 0 N–H and O–H groups in total. The standard InChI is InChI=1S/C28H28Cl3O2/c1-3-32-26(20-8-14-24(29)15-9-20)18-12-22-6-5-7-23(28(22)31)13-19-27(33-4-2)21-10-16-25(30)17-11-21/h8-19H,3-7H2,1-2H3/q+1/b18-12+,23-13+,27-19+. The molecule has 0 amide bonds. The summed E-state index contributed by atoms with van der Waals surface area (Å²) in [5, 5.41) is 2.18. The molecule has 0 aromatic heterocycles. The summed E-state index contributed by atoms with van der Waals surface area (Å²) >= 11 is 18.9. The van der Waals surface area contributed by atoms with Crippen LogP contribution < -0.4 is 0 Å². The van der Waals surface area contributed by atoms with Gasteiger partial charge in [-0.15, -0.1) is 0 Å².